The van der Waals surface area contributed by atoms with Crippen LogP contribution in [0.4, 0.5) is 0 Å². The van der Waals surface area contributed by atoms with Crippen LogP contribution >= 0.6 is 22.9 Å². The molecule has 1 heterocycles. The molecule has 1 saturated carbocycles. The number of halogens is 1. The lowest BCUT2D eigenvalue weighted by molar-refractivity contribution is 0.262. The molecule has 1 unspecified atom stereocenters. The maximum atomic E-state index is 6.01. The summed E-state index contributed by atoms with van der Waals surface area (Å²) in [6.45, 7) is 3.32. The molecule has 0 spiro atoms. The van der Waals surface area contributed by atoms with Crippen LogP contribution in [0.1, 0.15) is 49.9 Å². The summed E-state index contributed by atoms with van der Waals surface area (Å²) in [4.78, 5) is 1.41. The topological polar surface area (TPSA) is 12.0 Å². The zero-order valence-electron chi connectivity index (χ0n) is 9.84. The second-order valence-electron chi connectivity index (χ2n) is 4.68. The molecule has 1 fully saturated rings. The summed E-state index contributed by atoms with van der Waals surface area (Å²) >= 11 is 7.74. The molecule has 1 atom stereocenters. The van der Waals surface area contributed by atoms with Crippen molar-refractivity contribution in [2.75, 3.05) is 6.54 Å². The van der Waals surface area contributed by atoms with E-state index in [1.807, 2.05) is 6.07 Å². The van der Waals surface area contributed by atoms with Gasteiger partial charge in [-0.3, -0.25) is 0 Å². The van der Waals surface area contributed by atoms with Gasteiger partial charge in [-0.25, -0.2) is 0 Å². The molecule has 1 aromatic rings. The van der Waals surface area contributed by atoms with E-state index in [4.69, 9.17) is 11.6 Å². The smallest absolute Gasteiger partial charge is 0.0931 e. The lowest BCUT2D eigenvalue weighted by Crippen LogP contribution is -2.26. The molecule has 0 aliphatic heterocycles. The summed E-state index contributed by atoms with van der Waals surface area (Å²) in [5.74, 6) is 0.940. The molecule has 1 aliphatic carbocycles. The predicted molar refractivity (Wildman–Crippen MR) is 72.3 cm³/mol. The highest BCUT2D eigenvalue weighted by molar-refractivity contribution is 7.16. The highest BCUT2D eigenvalue weighted by Gasteiger charge is 2.23. The van der Waals surface area contributed by atoms with Crippen molar-refractivity contribution in [3.05, 3.63) is 21.3 Å². The lowest BCUT2D eigenvalue weighted by atomic mass is 9.80. The number of nitrogens with one attached hydrogen (secondary N) is 1. The molecular weight excluding hydrogens is 238 g/mol. The molecule has 0 aromatic carbocycles. The fraction of sp³-hybridized carbons (Fsp3) is 0.692. The van der Waals surface area contributed by atoms with E-state index < -0.39 is 0 Å². The second kappa shape index (κ2) is 6.04. The Bertz CT molecular complexity index is 319. The van der Waals surface area contributed by atoms with Crippen LogP contribution in [0.15, 0.2) is 12.1 Å². The van der Waals surface area contributed by atoms with Crippen molar-refractivity contribution in [1.82, 2.24) is 5.32 Å². The van der Waals surface area contributed by atoms with E-state index >= 15 is 0 Å². The van der Waals surface area contributed by atoms with Gasteiger partial charge in [-0.05, 0) is 37.4 Å². The van der Waals surface area contributed by atoms with Crippen molar-refractivity contribution >= 4 is 22.9 Å². The average Bonchev–Trinajstić information content (AvgIpc) is 2.62. The average molecular weight is 258 g/mol. The van der Waals surface area contributed by atoms with Gasteiger partial charge in [0.2, 0.25) is 0 Å². The Morgan fingerprint density at radius 2 is 2.31 bits per heavy atom. The Morgan fingerprint density at radius 3 is 2.81 bits per heavy atom. The number of hydrogen-bond donors (Lipinski definition) is 1. The third-order valence-electron chi connectivity index (χ3n) is 3.37. The van der Waals surface area contributed by atoms with Crippen molar-refractivity contribution in [3.63, 3.8) is 0 Å². The largest absolute Gasteiger partial charge is 0.309 e. The summed E-state index contributed by atoms with van der Waals surface area (Å²) < 4.78 is 0.909. The summed E-state index contributed by atoms with van der Waals surface area (Å²) in [6.07, 6.45) is 6.75. The van der Waals surface area contributed by atoms with Gasteiger partial charge in [-0.2, -0.15) is 0 Å². The van der Waals surface area contributed by atoms with E-state index in [0.29, 0.717) is 6.04 Å². The molecule has 1 aromatic heterocycles. The Kier molecular flexibility index (Phi) is 4.68. The third kappa shape index (κ3) is 3.22. The lowest BCUT2D eigenvalue weighted by Gasteiger charge is -2.29. The van der Waals surface area contributed by atoms with Crippen LogP contribution < -0.4 is 5.32 Å². The van der Waals surface area contributed by atoms with Crippen LogP contribution in [0.3, 0.4) is 0 Å². The van der Waals surface area contributed by atoms with Gasteiger partial charge >= 0.3 is 0 Å². The third-order valence-corrected chi connectivity index (χ3v) is 4.72. The molecule has 1 N–H and O–H groups in total. The molecule has 0 saturated heterocycles. The van der Waals surface area contributed by atoms with E-state index in [-0.39, 0.29) is 0 Å². The van der Waals surface area contributed by atoms with Gasteiger partial charge in [0.15, 0.2) is 0 Å². The van der Waals surface area contributed by atoms with Crippen LogP contribution in [0.2, 0.25) is 4.34 Å². The van der Waals surface area contributed by atoms with Gasteiger partial charge in [-0.15, -0.1) is 11.3 Å². The maximum absolute atomic E-state index is 6.01. The standard InChI is InChI=1S/C13H20ClNS/c1-2-8-15-11(9-10-4-3-5-10)12-6-7-13(14)16-12/h6-7,10-11,15H,2-5,8-9H2,1H3. The molecule has 90 valence electrons. The zero-order chi connectivity index (χ0) is 11.4. The molecule has 16 heavy (non-hydrogen) atoms. The SMILES string of the molecule is CCCNC(CC1CCC1)c1ccc(Cl)s1. The van der Waals surface area contributed by atoms with Crippen LogP contribution in [-0.4, -0.2) is 6.54 Å². The monoisotopic (exact) mass is 257 g/mol. The van der Waals surface area contributed by atoms with Crippen LogP contribution in [0.25, 0.3) is 0 Å². The Labute approximate surface area is 107 Å². The number of hydrogen-bond acceptors (Lipinski definition) is 2. The summed E-state index contributed by atoms with van der Waals surface area (Å²) in [5.41, 5.74) is 0. The van der Waals surface area contributed by atoms with Gasteiger partial charge in [0.05, 0.1) is 4.34 Å². The van der Waals surface area contributed by atoms with Crippen molar-refractivity contribution in [2.45, 2.75) is 45.1 Å². The highest BCUT2D eigenvalue weighted by atomic mass is 35.5. The Morgan fingerprint density at radius 1 is 1.50 bits per heavy atom. The van der Waals surface area contributed by atoms with E-state index in [0.717, 1.165) is 16.8 Å². The molecule has 0 radical (unpaired) electrons. The minimum absolute atomic E-state index is 0.530. The summed E-state index contributed by atoms with van der Waals surface area (Å²) in [5, 5.41) is 3.65. The number of thiophene rings is 1. The van der Waals surface area contributed by atoms with E-state index in [1.165, 1.54) is 37.0 Å². The van der Waals surface area contributed by atoms with Crippen molar-refractivity contribution < 1.29 is 0 Å². The Hall–Kier alpha value is -0.0500. The van der Waals surface area contributed by atoms with Crippen LogP contribution in [0.5, 0.6) is 0 Å². The summed E-state index contributed by atoms with van der Waals surface area (Å²) in [7, 11) is 0. The molecule has 3 heteroatoms. The first-order valence-corrected chi connectivity index (χ1v) is 7.47. The molecule has 0 bridgehead atoms. The fourth-order valence-corrected chi connectivity index (χ4v) is 3.35. The first-order valence-electron chi connectivity index (χ1n) is 6.28. The highest BCUT2D eigenvalue weighted by Crippen LogP contribution is 2.37. The first kappa shape index (κ1) is 12.4. The summed E-state index contributed by atoms with van der Waals surface area (Å²) in [6, 6.07) is 4.73. The minimum Gasteiger partial charge on any atom is -0.309 e. The predicted octanol–water partition coefficient (Wildman–Crippen LogP) is 4.63. The van der Waals surface area contributed by atoms with E-state index in [1.54, 1.807) is 11.3 Å². The number of rotatable bonds is 6. The van der Waals surface area contributed by atoms with Crippen LogP contribution in [-0.2, 0) is 0 Å². The van der Waals surface area contributed by atoms with Gasteiger partial charge in [0, 0.05) is 10.9 Å². The van der Waals surface area contributed by atoms with Crippen molar-refractivity contribution in [2.24, 2.45) is 5.92 Å². The second-order valence-corrected chi connectivity index (χ2v) is 6.43. The maximum Gasteiger partial charge on any atom is 0.0931 e. The van der Waals surface area contributed by atoms with Gasteiger partial charge in [-0.1, -0.05) is 37.8 Å². The van der Waals surface area contributed by atoms with E-state index in [2.05, 4.69) is 18.3 Å². The molecule has 0 amide bonds. The quantitative estimate of drug-likeness (QED) is 0.783. The van der Waals surface area contributed by atoms with Gasteiger partial charge in [0.1, 0.15) is 0 Å². The normalized spacial score (nSPS) is 18.4. The molecule has 2 rings (SSSR count). The Balaban J connectivity index is 1.95. The van der Waals surface area contributed by atoms with Gasteiger partial charge < -0.3 is 5.32 Å². The molecule has 1 nitrogen and oxygen atoms in total. The van der Waals surface area contributed by atoms with E-state index in [9.17, 15) is 0 Å². The zero-order valence-corrected chi connectivity index (χ0v) is 11.4. The molecular formula is C13H20ClNS. The van der Waals surface area contributed by atoms with Crippen LogP contribution in [0, 0.1) is 5.92 Å². The first-order chi connectivity index (χ1) is 7.79. The fourth-order valence-electron chi connectivity index (χ4n) is 2.20. The minimum atomic E-state index is 0.530. The molecule has 1 aliphatic rings. The van der Waals surface area contributed by atoms with Crippen molar-refractivity contribution in [3.8, 4) is 0 Å². The van der Waals surface area contributed by atoms with Crippen molar-refractivity contribution in [1.29, 1.82) is 0 Å². The van der Waals surface area contributed by atoms with Gasteiger partial charge in [0.25, 0.3) is 0 Å².